The summed E-state index contributed by atoms with van der Waals surface area (Å²) < 4.78 is 0. The van der Waals surface area contributed by atoms with E-state index >= 15 is 0 Å². The van der Waals surface area contributed by atoms with Gasteiger partial charge in [-0.1, -0.05) is 25.1 Å². The van der Waals surface area contributed by atoms with Crippen LogP contribution >= 0.6 is 0 Å². The van der Waals surface area contributed by atoms with E-state index in [2.05, 4.69) is 16.8 Å². The van der Waals surface area contributed by atoms with Crippen LogP contribution in [0.25, 0.3) is 10.9 Å². The number of amides is 1. The molecule has 2 aromatic rings. The van der Waals surface area contributed by atoms with E-state index in [1.54, 1.807) is 0 Å². The molecular formula is C16H20N4O. The van der Waals surface area contributed by atoms with Crippen molar-refractivity contribution in [2.24, 2.45) is 17.4 Å². The van der Waals surface area contributed by atoms with Crippen LogP contribution in [0.15, 0.2) is 30.3 Å². The Labute approximate surface area is 123 Å². The lowest BCUT2D eigenvalue weighted by molar-refractivity contribution is 0.100. The smallest absolute Gasteiger partial charge is 0.252 e. The van der Waals surface area contributed by atoms with Crippen molar-refractivity contribution in [1.29, 1.82) is 0 Å². The van der Waals surface area contributed by atoms with Crippen LogP contribution in [0.4, 0.5) is 5.82 Å². The molecule has 1 aliphatic rings. The normalized spacial score (nSPS) is 22.5. The van der Waals surface area contributed by atoms with E-state index in [1.807, 2.05) is 30.3 Å². The third kappa shape index (κ3) is 2.69. The number of nitrogens with zero attached hydrogens (tertiary/aromatic N) is 2. The maximum atomic E-state index is 11.8. The third-order valence-corrected chi connectivity index (χ3v) is 3.96. The molecule has 0 aliphatic carbocycles. The van der Waals surface area contributed by atoms with Crippen LogP contribution in [0.2, 0.25) is 0 Å². The molecule has 21 heavy (non-hydrogen) atoms. The summed E-state index contributed by atoms with van der Waals surface area (Å²) in [5, 5.41) is 0.921. The van der Waals surface area contributed by atoms with Crippen LogP contribution in [0.3, 0.4) is 0 Å². The summed E-state index contributed by atoms with van der Waals surface area (Å²) in [5.41, 5.74) is 13.0. The summed E-state index contributed by atoms with van der Waals surface area (Å²) in [4.78, 5) is 18.5. The van der Waals surface area contributed by atoms with Crippen LogP contribution in [-0.4, -0.2) is 30.0 Å². The first-order valence-corrected chi connectivity index (χ1v) is 7.24. The van der Waals surface area contributed by atoms with E-state index < -0.39 is 5.91 Å². The minimum atomic E-state index is -0.449. The molecule has 0 saturated carbocycles. The average molecular weight is 284 g/mol. The average Bonchev–Trinajstić information content (AvgIpc) is 2.44. The quantitative estimate of drug-likeness (QED) is 0.875. The van der Waals surface area contributed by atoms with Crippen molar-refractivity contribution in [1.82, 2.24) is 4.98 Å². The highest BCUT2D eigenvalue weighted by Gasteiger charge is 2.26. The summed E-state index contributed by atoms with van der Waals surface area (Å²) in [7, 11) is 0. The molecule has 110 valence electrons. The van der Waals surface area contributed by atoms with Gasteiger partial charge in [-0.15, -0.1) is 0 Å². The molecule has 1 amide bonds. The molecule has 2 unspecified atom stereocenters. The second-order valence-electron chi connectivity index (χ2n) is 5.92. The van der Waals surface area contributed by atoms with Gasteiger partial charge in [0.25, 0.3) is 5.91 Å². The molecule has 1 saturated heterocycles. The number of carbonyl (C=O) groups excluding carboxylic acids is 1. The van der Waals surface area contributed by atoms with Gasteiger partial charge in [-0.25, -0.2) is 4.98 Å². The van der Waals surface area contributed by atoms with Crippen molar-refractivity contribution in [3.63, 3.8) is 0 Å². The molecular weight excluding hydrogens is 264 g/mol. The van der Waals surface area contributed by atoms with Gasteiger partial charge in [0.05, 0.1) is 11.1 Å². The maximum Gasteiger partial charge on any atom is 0.252 e. The van der Waals surface area contributed by atoms with Crippen LogP contribution < -0.4 is 16.4 Å². The third-order valence-electron chi connectivity index (χ3n) is 3.96. The Bertz CT molecular complexity index is 675. The highest BCUT2D eigenvalue weighted by atomic mass is 16.1. The maximum absolute atomic E-state index is 11.8. The molecule has 0 bridgehead atoms. The number of benzene rings is 1. The Morgan fingerprint density at radius 3 is 2.81 bits per heavy atom. The Kier molecular flexibility index (Phi) is 3.51. The van der Waals surface area contributed by atoms with Gasteiger partial charge in [0.15, 0.2) is 0 Å². The highest BCUT2D eigenvalue weighted by Crippen LogP contribution is 2.27. The summed E-state index contributed by atoms with van der Waals surface area (Å²) >= 11 is 0. The van der Waals surface area contributed by atoms with E-state index in [-0.39, 0.29) is 6.04 Å². The molecule has 0 spiro atoms. The zero-order chi connectivity index (χ0) is 15.0. The van der Waals surface area contributed by atoms with Gasteiger partial charge >= 0.3 is 0 Å². The Morgan fingerprint density at radius 2 is 2.10 bits per heavy atom. The van der Waals surface area contributed by atoms with Crippen LogP contribution in [0.5, 0.6) is 0 Å². The summed E-state index contributed by atoms with van der Waals surface area (Å²) in [5.74, 6) is 0.681. The predicted molar refractivity (Wildman–Crippen MR) is 84.2 cm³/mol. The van der Waals surface area contributed by atoms with Crippen LogP contribution in [0.1, 0.15) is 23.7 Å². The van der Waals surface area contributed by atoms with Crippen molar-refractivity contribution in [3.8, 4) is 0 Å². The lowest BCUT2D eigenvalue weighted by Gasteiger charge is -2.36. The topological polar surface area (TPSA) is 85.2 Å². The number of carbonyl (C=O) groups is 1. The summed E-state index contributed by atoms with van der Waals surface area (Å²) in [6, 6.07) is 9.66. The van der Waals surface area contributed by atoms with E-state index in [0.29, 0.717) is 23.8 Å². The largest absolute Gasteiger partial charge is 0.365 e. The number of pyridine rings is 1. The number of rotatable bonds is 2. The molecule has 5 nitrogen and oxygen atoms in total. The summed E-state index contributed by atoms with van der Waals surface area (Å²) in [6.07, 6.45) is 0.996. The van der Waals surface area contributed by atoms with Gasteiger partial charge in [0, 0.05) is 24.5 Å². The molecule has 1 fully saturated rings. The van der Waals surface area contributed by atoms with Gasteiger partial charge in [-0.3, -0.25) is 4.79 Å². The van der Waals surface area contributed by atoms with Crippen molar-refractivity contribution < 1.29 is 4.79 Å². The molecule has 4 N–H and O–H groups in total. The monoisotopic (exact) mass is 284 g/mol. The number of hydrogen-bond donors (Lipinski definition) is 2. The molecule has 1 aromatic carbocycles. The van der Waals surface area contributed by atoms with E-state index in [1.165, 1.54) is 0 Å². The molecule has 2 atom stereocenters. The lowest BCUT2D eigenvalue weighted by atomic mass is 9.96. The standard InChI is InChI=1S/C16H20N4O/c1-10-6-12(17)9-20(8-10)16-13(15(18)21)7-11-4-2-3-5-14(11)19-16/h2-5,7,10,12H,6,8-9,17H2,1H3,(H2,18,21). The zero-order valence-electron chi connectivity index (χ0n) is 12.1. The number of aromatic nitrogens is 1. The molecule has 3 rings (SSSR count). The van der Waals surface area contributed by atoms with Crippen molar-refractivity contribution in [2.45, 2.75) is 19.4 Å². The van der Waals surface area contributed by atoms with E-state index in [4.69, 9.17) is 11.5 Å². The first-order valence-electron chi connectivity index (χ1n) is 7.24. The van der Waals surface area contributed by atoms with Gasteiger partial charge < -0.3 is 16.4 Å². The molecule has 1 aromatic heterocycles. The first-order chi connectivity index (χ1) is 10.0. The van der Waals surface area contributed by atoms with Crippen molar-refractivity contribution in [2.75, 3.05) is 18.0 Å². The second kappa shape index (κ2) is 5.33. The number of para-hydroxylation sites is 1. The number of anilines is 1. The van der Waals surface area contributed by atoms with Crippen LogP contribution in [-0.2, 0) is 0 Å². The van der Waals surface area contributed by atoms with Crippen molar-refractivity contribution in [3.05, 3.63) is 35.9 Å². The Morgan fingerprint density at radius 1 is 1.33 bits per heavy atom. The highest BCUT2D eigenvalue weighted by molar-refractivity contribution is 6.01. The van der Waals surface area contributed by atoms with Crippen LogP contribution in [0, 0.1) is 5.92 Å². The fourth-order valence-corrected chi connectivity index (χ4v) is 3.10. The van der Waals surface area contributed by atoms with Gasteiger partial charge in [-0.05, 0) is 24.5 Å². The second-order valence-corrected chi connectivity index (χ2v) is 5.92. The van der Waals surface area contributed by atoms with E-state index in [9.17, 15) is 4.79 Å². The van der Waals surface area contributed by atoms with Gasteiger partial charge in [0.2, 0.25) is 0 Å². The number of primary amides is 1. The fourth-order valence-electron chi connectivity index (χ4n) is 3.10. The van der Waals surface area contributed by atoms with Crippen molar-refractivity contribution >= 4 is 22.6 Å². The zero-order valence-corrected chi connectivity index (χ0v) is 12.1. The number of hydrogen-bond acceptors (Lipinski definition) is 4. The Balaban J connectivity index is 2.11. The van der Waals surface area contributed by atoms with Gasteiger partial charge in [0.1, 0.15) is 5.82 Å². The number of piperidine rings is 1. The Hall–Kier alpha value is -2.14. The lowest BCUT2D eigenvalue weighted by Crippen LogP contribution is -2.47. The minimum absolute atomic E-state index is 0.0998. The molecule has 0 radical (unpaired) electrons. The summed E-state index contributed by atoms with van der Waals surface area (Å²) in [6.45, 7) is 3.71. The minimum Gasteiger partial charge on any atom is -0.365 e. The first kappa shape index (κ1) is 13.8. The SMILES string of the molecule is CC1CC(N)CN(c2nc3ccccc3cc2C(N)=O)C1. The number of fused-ring (bicyclic) bond motifs is 1. The molecule has 5 heteroatoms. The predicted octanol–water partition coefficient (Wildman–Crippen LogP) is 1.51. The molecule has 2 heterocycles. The van der Waals surface area contributed by atoms with Gasteiger partial charge in [-0.2, -0.15) is 0 Å². The fraction of sp³-hybridized carbons (Fsp3) is 0.375. The number of nitrogens with two attached hydrogens (primary N) is 2. The molecule has 1 aliphatic heterocycles. The van der Waals surface area contributed by atoms with E-state index in [0.717, 1.165) is 23.9 Å².